The average Bonchev–Trinajstić information content (AvgIpc) is 3.01. The summed E-state index contributed by atoms with van der Waals surface area (Å²) in [5.74, 6) is 0.142. The number of aryl methyl sites for hydroxylation is 1. The molecule has 0 bridgehead atoms. The van der Waals surface area contributed by atoms with Crippen molar-refractivity contribution in [2.24, 2.45) is 0 Å². The van der Waals surface area contributed by atoms with E-state index in [-0.39, 0.29) is 5.91 Å². The van der Waals surface area contributed by atoms with E-state index < -0.39 is 0 Å². The highest BCUT2D eigenvalue weighted by Gasteiger charge is 2.17. The lowest BCUT2D eigenvalue weighted by atomic mass is 10.1. The predicted octanol–water partition coefficient (Wildman–Crippen LogP) is 3.83. The number of benzene rings is 2. The first kappa shape index (κ1) is 16.8. The molecule has 0 saturated carbocycles. The number of amides is 1. The molecule has 2 heterocycles. The second kappa shape index (κ2) is 7.32. The van der Waals surface area contributed by atoms with Gasteiger partial charge in [-0.15, -0.1) is 0 Å². The Bertz CT molecular complexity index is 909. The van der Waals surface area contributed by atoms with Crippen molar-refractivity contribution in [1.82, 2.24) is 4.90 Å². The summed E-state index contributed by atoms with van der Waals surface area (Å²) in [5, 5.41) is 3.90. The number of ether oxygens (including phenoxy) is 1. The van der Waals surface area contributed by atoms with Gasteiger partial charge in [-0.3, -0.25) is 9.69 Å². The van der Waals surface area contributed by atoms with E-state index >= 15 is 0 Å². The number of rotatable bonds is 4. The molecule has 0 radical (unpaired) electrons. The topological polar surface area (TPSA) is 54.7 Å². The quantitative estimate of drug-likeness (QED) is 0.777. The zero-order chi connectivity index (χ0) is 17.9. The van der Waals surface area contributed by atoms with Gasteiger partial charge in [-0.1, -0.05) is 30.3 Å². The van der Waals surface area contributed by atoms with Crippen LogP contribution in [-0.2, 0) is 11.3 Å². The molecule has 5 heteroatoms. The molecule has 0 atom stereocenters. The maximum Gasteiger partial charge on any atom is 0.291 e. The third kappa shape index (κ3) is 3.49. The molecule has 26 heavy (non-hydrogen) atoms. The largest absolute Gasteiger partial charge is 0.451 e. The first-order chi connectivity index (χ1) is 12.7. The van der Waals surface area contributed by atoms with Crippen LogP contribution in [0.3, 0.4) is 0 Å². The van der Waals surface area contributed by atoms with Crippen LogP contribution in [0.2, 0.25) is 0 Å². The summed E-state index contributed by atoms with van der Waals surface area (Å²) in [7, 11) is 0. The van der Waals surface area contributed by atoms with Crippen molar-refractivity contribution in [3.05, 3.63) is 65.4 Å². The molecule has 3 aromatic rings. The molecule has 0 spiro atoms. The minimum atomic E-state index is -0.223. The van der Waals surface area contributed by atoms with Crippen molar-refractivity contribution in [3.8, 4) is 0 Å². The molecule has 5 nitrogen and oxygen atoms in total. The Morgan fingerprint density at radius 2 is 1.81 bits per heavy atom. The third-order valence-corrected chi connectivity index (χ3v) is 4.77. The number of anilines is 1. The normalized spacial score (nSPS) is 15.3. The second-order valence-electron chi connectivity index (χ2n) is 6.59. The minimum Gasteiger partial charge on any atom is -0.451 e. The van der Waals surface area contributed by atoms with Crippen LogP contribution in [-0.4, -0.2) is 37.1 Å². The fraction of sp³-hybridized carbons (Fsp3) is 0.286. The number of carbonyl (C=O) groups excluding carboxylic acids is 1. The molecule has 0 aliphatic carbocycles. The van der Waals surface area contributed by atoms with E-state index in [0.717, 1.165) is 55.1 Å². The number of nitrogens with zero attached hydrogens (tertiary/aromatic N) is 1. The highest BCUT2D eigenvalue weighted by molar-refractivity contribution is 6.06. The monoisotopic (exact) mass is 350 g/mol. The molecule has 1 fully saturated rings. The van der Waals surface area contributed by atoms with Crippen molar-refractivity contribution < 1.29 is 13.9 Å². The molecule has 4 rings (SSSR count). The number of nitrogens with one attached hydrogen (secondary N) is 1. The summed E-state index contributed by atoms with van der Waals surface area (Å²) in [6, 6.07) is 15.7. The molecule has 134 valence electrons. The number of carbonyl (C=O) groups is 1. The van der Waals surface area contributed by atoms with Crippen LogP contribution in [0.15, 0.2) is 52.9 Å². The van der Waals surface area contributed by atoms with E-state index in [1.54, 1.807) is 0 Å². The van der Waals surface area contributed by atoms with Gasteiger partial charge in [-0.2, -0.15) is 0 Å². The van der Waals surface area contributed by atoms with E-state index in [2.05, 4.69) is 22.3 Å². The lowest BCUT2D eigenvalue weighted by Crippen LogP contribution is -2.35. The second-order valence-corrected chi connectivity index (χ2v) is 6.59. The zero-order valence-electron chi connectivity index (χ0n) is 14.8. The fourth-order valence-corrected chi connectivity index (χ4v) is 3.29. The van der Waals surface area contributed by atoms with Gasteiger partial charge in [0.05, 0.1) is 13.2 Å². The summed E-state index contributed by atoms with van der Waals surface area (Å²) in [6.07, 6.45) is 0. The van der Waals surface area contributed by atoms with Crippen LogP contribution in [0.25, 0.3) is 11.0 Å². The van der Waals surface area contributed by atoms with Gasteiger partial charge in [0, 0.05) is 36.3 Å². The van der Waals surface area contributed by atoms with Gasteiger partial charge in [0.25, 0.3) is 5.91 Å². The first-order valence-corrected chi connectivity index (χ1v) is 8.89. The smallest absolute Gasteiger partial charge is 0.291 e. The molecule has 0 unspecified atom stereocenters. The summed E-state index contributed by atoms with van der Waals surface area (Å²) < 4.78 is 11.1. The lowest BCUT2D eigenvalue weighted by molar-refractivity contribution is 0.0342. The van der Waals surface area contributed by atoms with Gasteiger partial charge in [-0.25, -0.2) is 0 Å². The maximum atomic E-state index is 12.6. The molecular formula is C21H22N2O3. The lowest BCUT2D eigenvalue weighted by Gasteiger charge is -2.26. The van der Waals surface area contributed by atoms with Crippen molar-refractivity contribution in [2.45, 2.75) is 13.5 Å². The van der Waals surface area contributed by atoms with Crippen molar-refractivity contribution in [2.75, 3.05) is 31.6 Å². The van der Waals surface area contributed by atoms with E-state index in [4.69, 9.17) is 9.15 Å². The Hall–Kier alpha value is -2.63. The van der Waals surface area contributed by atoms with E-state index in [9.17, 15) is 4.79 Å². The first-order valence-electron chi connectivity index (χ1n) is 8.89. The van der Waals surface area contributed by atoms with E-state index in [1.807, 2.05) is 43.3 Å². The van der Waals surface area contributed by atoms with Crippen LogP contribution in [0.1, 0.15) is 21.7 Å². The average molecular weight is 350 g/mol. The van der Waals surface area contributed by atoms with Crippen LogP contribution in [0.4, 0.5) is 5.69 Å². The number of furan rings is 1. The molecule has 1 amide bonds. The molecule has 1 aliphatic heterocycles. The van der Waals surface area contributed by atoms with Gasteiger partial charge in [-0.05, 0) is 30.7 Å². The molecule has 1 aliphatic rings. The fourth-order valence-electron chi connectivity index (χ4n) is 3.29. The predicted molar refractivity (Wildman–Crippen MR) is 101 cm³/mol. The van der Waals surface area contributed by atoms with Gasteiger partial charge in [0.15, 0.2) is 5.76 Å². The SMILES string of the molecule is Cc1c(C(=O)Nc2ccc(CN3CCOCC3)cc2)oc2ccccc12. The summed E-state index contributed by atoms with van der Waals surface area (Å²) in [4.78, 5) is 14.9. The standard InChI is InChI=1S/C21H22N2O3/c1-15-18-4-2-3-5-19(18)26-20(15)21(24)22-17-8-6-16(7-9-17)14-23-10-12-25-13-11-23/h2-9H,10-14H2,1H3,(H,22,24). The Balaban J connectivity index is 1.44. The van der Waals surface area contributed by atoms with E-state index in [0.29, 0.717) is 5.76 Å². The third-order valence-electron chi connectivity index (χ3n) is 4.77. The van der Waals surface area contributed by atoms with Crippen LogP contribution >= 0.6 is 0 Å². The molecule has 1 aromatic heterocycles. The zero-order valence-corrected chi connectivity index (χ0v) is 14.8. The summed E-state index contributed by atoms with van der Waals surface area (Å²) >= 11 is 0. The highest BCUT2D eigenvalue weighted by Crippen LogP contribution is 2.25. The van der Waals surface area contributed by atoms with Crippen LogP contribution in [0, 0.1) is 6.92 Å². The number of hydrogen-bond acceptors (Lipinski definition) is 4. The summed E-state index contributed by atoms with van der Waals surface area (Å²) in [5.41, 5.74) is 3.59. The maximum absolute atomic E-state index is 12.6. The molecule has 1 saturated heterocycles. The van der Waals surface area contributed by atoms with Gasteiger partial charge < -0.3 is 14.5 Å². The van der Waals surface area contributed by atoms with Gasteiger partial charge in [0.1, 0.15) is 5.58 Å². The Kier molecular flexibility index (Phi) is 4.73. The molecule has 1 N–H and O–H groups in total. The Labute approximate surface area is 152 Å². The highest BCUT2D eigenvalue weighted by atomic mass is 16.5. The molecular weight excluding hydrogens is 328 g/mol. The minimum absolute atomic E-state index is 0.223. The van der Waals surface area contributed by atoms with Crippen LogP contribution in [0.5, 0.6) is 0 Å². The molecule has 2 aromatic carbocycles. The van der Waals surface area contributed by atoms with E-state index in [1.165, 1.54) is 5.56 Å². The van der Waals surface area contributed by atoms with Crippen molar-refractivity contribution >= 4 is 22.6 Å². The van der Waals surface area contributed by atoms with Crippen molar-refractivity contribution in [1.29, 1.82) is 0 Å². The Morgan fingerprint density at radius 1 is 1.08 bits per heavy atom. The number of hydrogen-bond donors (Lipinski definition) is 1. The van der Waals surface area contributed by atoms with Crippen LogP contribution < -0.4 is 5.32 Å². The Morgan fingerprint density at radius 3 is 2.54 bits per heavy atom. The summed E-state index contributed by atoms with van der Waals surface area (Å²) in [6.45, 7) is 6.33. The van der Waals surface area contributed by atoms with Crippen molar-refractivity contribution in [3.63, 3.8) is 0 Å². The number of morpholine rings is 1. The number of para-hydroxylation sites is 1. The van der Waals surface area contributed by atoms with Gasteiger partial charge >= 0.3 is 0 Å². The van der Waals surface area contributed by atoms with Gasteiger partial charge in [0.2, 0.25) is 0 Å². The number of fused-ring (bicyclic) bond motifs is 1.